The van der Waals surface area contributed by atoms with E-state index in [-0.39, 0.29) is 18.3 Å². The minimum atomic E-state index is -0.661. The van der Waals surface area contributed by atoms with Crippen molar-refractivity contribution in [3.05, 3.63) is 48.2 Å². The normalized spacial score (nSPS) is 40.5. The number of hydrogen-bond donors (Lipinski definition) is 0. The summed E-state index contributed by atoms with van der Waals surface area (Å²) in [4.78, 5) is 0. The highest BCUT2D eigenvalue weighted by Gasteiger charge is 2.58. The molecule has 3 aliphatic rings. The van der Waals surface area contributed by atoms with Gasteiger partial charge in [0.05, 0.1) is 0 Å². The van der Waals surface area contributed by atoms with Crippen LogP contribution in [0, 0.1) is 0 Å². The van der Waals surface area contributed by atoms with Crippen LogP contribution in [-0.2, 0) is 23.7 Å². The molecule has 0 N–H and O–H groups in total. The molecule has 4 rings (SSSR count). The third-order valence-corrected chi connectivity index (χ3v) is 3.92. The van der Waals surface area contributed by atoms with E-state index in [2.05, 4.69) is 6.58 Å². The van der Waals surface area contributed by atoms with E-state index < -0.39 is 18.4 Å². The molecule has 1 aromatic carbocycles. The van der Waals surface area contributed by atoms with Crippen LogP contribution in [0.1, 0.15) is 25.7 Å². The van der Waals surface area contributed by atoms with Crippen molar-refractivity contribution < 1.29 is 23.7 Å². The van der Waals surface area contributed by atoms with Gasteiger partial charge in [-0.05, 0) is 13.8 Å². The fourth-order valence-corrected chi connectivity index (χ4v) is 3.02. The predicted molar refractivity (Wildman–Crippen MR) is 73.0 cm³/mol. The largest absolute Gasteiger partial charge is 0.463 e. The van der Waals surface area contributed by atoms with Gasteiger partial charge < -0.3 is 23.7 Å². The Balaban J connectivity index is 1.59. The fourth-order valence-electron chi connectivity index (χ4n) is 3.02. The number of hydrogen-bond acceptors (Lipinski definition) is 5. The molecule has 5 atom stereocenters. The lowest BCUT2D eigenvalue weighted by Crippen LogP contribution is -2.42. The molecule has 5 heteroatoms. The van der Waals surface area contributed by atoms with E-state index >= 15 is 0 Å². The molecule has 3 heterocycles. The van der Waals surface area contributed by atoms with Crippen LogP contribution in [-0.4, -0.2) is 30.4 Å². The summed E-state index contributed by atoms with van der Waals surface area (Å²) in [5, 5.41) is 0. The zero-order valence-corrected chi connectivity index (χ0v) is 12.0. The van der Waals surface area contributed by atoms with Crippen LogP contribution < -0.4 is 0 Å². The highest BCUT2D eigenvalue weighted by Crippen LogP contribution is 2.45. The van der Waals surface area contributed by atoms with Crippen molar-refractivity contribution >= 4 is 0 Å². The zero-order valence-electron chi connectivity index (χ0n) is 12.0. The molecule has 0 radical (unpaired) electrons. The Morgan fingerprint density at radius 3 is 2.52 bits per heavy atom. The van der Waals surface area contributed by atoms with Crippen molar-refractivity contribution in [2.45, 2.75) is 50.5 Å². The zero-order chi connectivity index (χ0) is 14.6. The predicted octanol–water partition coefficient (Wildman–Crippen LogP) is 2.49. The Kier molecular flexibility index (Phi) is 2.87. The number of benzene rings is 1. The summed E-state index contributed by atoms with van der Waals surface area (Å²) in [5.74, 6) is -0.106. The molecule has 112 valence electrons. The molecule has 5 unspecified atom stereocenters. The first-order chi connectivity index (χ1) is 10.0. The van der Waals surface area contributed by atoms with Gasteiger partial charge in [0, 0.05) is 5.56 Å². The first kappa shape index (κ1) is 13.3. The van der Waals surface area contributed by atoms with Crippen molar-refractivity contribution in [2.75, 3.05) is 0 Å². The molecule has 3 saturated heterocycles. The van der Waals surface area contributed by atoms with Gasteiger partial charge in [0.1, 0.15) is 24.1 Å². The van der Waals surface area contributed by atoms with E-state index in [0.29, 0.717) is 5.76 Å². The minimum Gasteiger partial charge on any atom is -0.463 e. The van der Waals surface area contributed by atoms with Crippen LogP contribution in [0.5, 0.6) is 0 Å². The summed E-state index contributed by atoms with van der Waals surface area (Å²) in [5.41, 5.74) is 0.943. The highest BCUT2D eigenvalue weighted by molar-refractivity contribution is 5.19. The Morgan fingerprint density at radius 2 is 1.76 bits per heavy atom. The molecule has 5 nitrogen and oxygen atoms in total. The molecular formula is C16H18O5. The van der Waals surface area contributed by atoms with Crippen molar-refractivity contribution in [1.29, 1.82) is 0 Å². The molecule has 3 aliphatic heterocycles. The maximum absolute atomic E-state index is 6.06. The van der Waals surface area contributed by atoms with Gasteiger partial charge >= 0.3 is 0 Å². The Bertz CT molecular complexity index is 555. The molecule has 0 bridgehead atoms. The second kappa shape index (κ2) is 4.55. The van der Waals surface area contributed by atoms with Crippen LogP contribution in [0.25, 0.3) is 0 Å². The minimum absolute atomic E-state index is 0.267. The van der Waals surface area contributed by atoms with Gasteiger partial charge in [-0.2, -0.15) is 0 Å². The fraction of sp³-hybridized carbons (Fsp3) is 0.500. The standard InChI is InChI=1S/C16H18O5/c1-9-11-12(13-15(18-11)21-16(2,3)20-13)19-14(17-9)10-7-5-4-6-8-10/h4-8,11-15H,1H2,2-3H3. The Morgan fingerprint density at radius 1 is 1.00 bits per heavy atom. The first-order valence-corrected chi connectivity index (χ1v) is 7.10. The molecule has 0 aliphatic carbocycles. The maximum Gasteiger partial charge on any atom is 0.226 e. The van der Waals surface area contributed by atoms with E-state index in [4.69, 9.17) is 23.7 Å². The molecule has 3 fully saturated rings. The summed E-state index contributed by atoms with van der Waals surface area (Å²) >= 11 is 0. The summed E-state index contributed by atoms with van der Waals surface area (Å²) in [6.07, 6.45) is -1.82. The van der Waals surface area contributed by atoms with Crippen LogP contribution >= 0.6 is 0 Å². The van der Waals surface area contributed by atoms with E-state index in [1.165, 1.54) is 0 Å². The van der Waals surface area contributed by atoms with Crippen LogP contribution in [0.2, 0.25) is 0 Å². The molecule has 21 heavy (non-hydrogen) atoms. The van der Waals surface area contributed by atoms with Gasteiger partial charge in [-0.1, -0.05) is 36.9 Å². The Hall–Kier alpha value is -1.40. The van der Waals surface area contributed by atoms with Gasteiger partial charge in [-0.25, -0.2) is 0 Å². The topological polar surface area (TPSA) is 46.2 Å². The molecular weight excluding hydrogens is 272 g/mol. The van der Waals surface area contributed by atoms with Gasteiger partial charge in [0.2, 0.25) is 6.29 Å². The smallest absolute Gasteiger partial charge is 0.226 e. The van der Waals surface area contributed by atoms with E-state index in [9.17, 15) is 0 Å². The van der Waals surface area contributed by atoms with E-state index in [1.807, 2.05) is 44.2 Å². The number of fused-ring (bicyclic) bond motifs is 3. The van der Waals surface area contributed by atoms with E-state index in [1.54, 1.807) is 0 Å². The summed E-state index contributed by atoms with van der Waals surface area (Å²) in [6, 6.07) is 9.77. The van der Waals surface area contributed by atoms with Gasteiger partial charge in [-0.3, -0.25) is 0 Å². The average molecular weight is 290 g/mol. The van der Waals surface area contributed by atoms with Crippen LogP contribution in [0.3, 0.4) is 0 Å². The number of rotatable bonds is 1. The van der Waals surface area contributed by atoms with E-state index in [0.717, 1.165) is 5.56 Å². The quantitative estimate of drug-likeness (QED) is 0.795. The highest BCUT2D eigenvalue weighted by atomic mass is 16.9. The summed E-state index contributed by atoms with van der Waals surface area (Å²) in [7, 11) is 0. The van der Waals surface area contributed by atoms with Crippen LogP contribution in [0.4, 0.5) is 0 Å². The molecule has 0 saturated carbocycles. The third-order valence-electron chi connectivity index (χ3n) is 3.92. The first-order valence-electron chi connectivity index (χ1n) is 7.10. The molecule has 0 spiro atoms. The average Bonchev–Trinajstić information content (AvgIpc) is 2.93. The maximum atomic E-state index is 6.06. The summed E-state index contributed by atoms with van der Waals surface area (Å²) < 4.78 is 29.3. The summed E-state index contributed by atoms with van der Waals surface area (Å²) in [6.45, 7) is 7.69. The second-order valence-electron chi connectivity index (χ2n) is 5.95. The molecule has 1 aromatic rings. The second-order valence-corrected chi connectivity index (χ2v) is 5.95. The lowest BCUT2D eigenvalue weighted by Gasteiger charge is -2.35. The molecule has 0 amide bonds. The SMILES string of the molecule is C=C1OC(c2ccccc2)OC2C1OC1OC(C)(C)OC12. The lowest BCUT2D eigenvalue weighted by molar-refractivity contribution is -0.264. The molecule has 0 aromatic heterocycles. The monoisotopic (exact) mass is 290 g/mol. The van der Waals surface area contributed by atoms with Gasteiger partial charge in [0.25, 0.3) is 0 Å². The lowest BCUT2D eigenvalue weighted by atomic mass is 10.1. The van der Waals surface area contributed by atoms with Crippen molar-refractivity contribution in [3.63, 3.8) is 0 Å². The Labute approximate surface area is 123 Å². The van der Waals surface area contributed by atoms with Gasteiger partial charge in [0.15, 0.2) is 12.1 Å². The third kappa shape index (κ3) is 2.17. The van der Waals surface area contributed by atoms with Crippen molar-refractivity contribution in [2.24, 2.45) is 0 Å². The van der Waals surface area contributed by atoms with Crippen molar-refractivity contribution in [3.8, 4) is 0 Å². The number of ether oxygens (including phenoxy) is 5. The van der Waals surface area contributed by atoms with Crippen LogP contribution in [0.15, 0.2) is 42.7 Å². The van der Waals surface area contributed by atoms with Gasteiger partial charge in [-0.15, -0.1) is 0 Å². The van der Waals surface area contributed by atoms with Crippen molar-refractivity contribution in [1.82, 2.24) is 0 Å².